The first-order chi connectivity index (χ1) is 13.9. The number of nitrogens with zero attached hydrogens (tertiary/aromatic N) is 3. The van der Waals surface area contributed by atoms with Crippen LogP contribution in [0.15, 0.2) is 70.6 Å². The Bertz CT molecular complexity index is 1090. The molecule has 0 atom stereocenters. The van der Waals surface area contributed by atoms with Crippen LogP contribution >= 0.6 is 0 Å². The highest BCUT2D eigenvalue weighted by atomic mass is 32.2. The van der Waals surface area contributed by atoms with Crippen molar-refractivity contribution in [2.24, 2.45) is 5.92 Å². The minimum Gasteiger partial charge on any atom is -0.369 e. The van der Waals surface area contributed by atoms with Gasteiger partial charge in [-0.2, -0.15) is 0 Å². The normalized spacial score (nSPS) is 15.9. The van der Waals surface area contributed by atoms with E-state index in [1.165, 1.54) is 6.20 Å². The zero-order valence-electron chi connectivity index (χ0n) is 17.0. The van der Waals surface area contributed by atoms with Crippen LogP contribution < -0.4 is 4.90 Å². The lowest BCUT2D eigenvalue weighted by atomic mass is 10.1. The first kappa shape index (κ1) is 19.9. The Kier molecular flexibility index (Phi) is 5.56. The number of hydrogen-bond donors (Lipinski definition) is 0. The Morgan fingerprint density at radius 2 is 1.66 bits per heavy atom. The van der Waals surface area contributed by atoms with Crippen LogP contribution in [0.3, 0.4) is 0 Å². The molecule has 2 aromatic carbocycles. The predicted octanol–water partition coefficient (Wildman–Crippen LogP) is 3.85. The van der Waals surface area contributed by atoms with Gasteiger partial charge >= 0.3 is 0 Å². The van der Waals surface area contributed by atoms with Gasteiger partial charge < -0.3 is 4.90 Å². The van der Waals surface area contributed by atoms with E-state index in [4.69, 9.17) is 0 Å². The summed E-state index contributed by atoms with van der Waals surface area (Å²) < 4.78 is 25.9. The number of piperazine rings is 1. The molecule has 0 spiro atoms. The molecule has 0 N–H and O–H groups in total. The third-order valence-electron chi connectivity index (χ3n) is 5.36. The number of benzene rings is 2. The van der Waals surface area contributed by atoms with E-state index in [1.54, 1.807) is 30.3 Å². The average molecular weight is 410 g/mol. The van der Waals surface area contributed by atoms with Gasteiger partial charge in [-0.1, -0.05) is 32.0 Å². The van der Waals surface area contributed by atoms with Gasteiger partial charge in [-0.25, -0.2) is 8.42 Å². The number of sulfone groups is 1. The van der Waals surface area contributed by atoms with Gasteiger partial charge in [0.1, 0.15) is 0 Å². The van der Waals surface area contributed by atoms with Gasteiger partial charge in [-0.3, -0.25) is 9.88 Å². The molecule has 1 aromatic heterocycles. The molecule has 1 saturated heterocycles. The van der Waals surface area contributed by atoms with Crippen molar-refractivity contribution in [2.75, 3.05) is 37.6 Å². The average Bonchev–Trinajstić information content (AvgIpc) is 2.73. The molecule has 0 saturated carbocycles. The van der Waals surface area contributed by atoms with Crippen molar-refractivity contribution in [1.29, 1.82) is 0 Å². The molecule has 1 fully saturated rings. The molecule has 0 bridgehead atoms. The van der Waals surface area contributed by atoms with E-state index in [0.717, 1.165) is 49.3 Å². The van der Waals surface area contributed by atoms with E-state index >= 15 is 0 Å². The molecule has 1 aliphatic heterocycles. The Labute approximate surface area is 172 Å². The summed E-state index contributed by atoms with van der Waals surface area (Å²) in [5, 5.41) is 0.851. The van der Waals surface area contributed by atoms with Crippen LogP contribution in [-0.2, 0) is 9.84 Å². The summed E-state index contributed by atoms with van der Waals surface area (Å²) in [7, 11) is -3.57. The summed E-state index contributed by atoms with van der Waals surface area (Å²) in [6.45, 7) is 9.71. The topological polar surface area (TPSA) is 53.5 Å². The van der Waals surface area contributed by atoms with E-state index < -0.39 is 9.84 Å². The molecule has 1 aliphatic rings. The van der Waals surface area contributed by atoms with Crippen molar-refractivity contribution in [3.63, 3.8) is 0 Å². The highest BCUT2D eigenvalue weighted by Crippen LogP contribution is 2.27. The number of rotatable bonds is 5. The molecule has 152 valence electrons. The maximum Gasteiger partial charge on any atom is 0.208 e. The molecular formula is C23H27N3O2S. The van der Waals surface area contributed by atoms with Crippen LogP contribution in [-0.4, -0.2) is 51.0 Å². The monoisotopic (exact) mass is 409 g/mol. The standard InChI is InChI=1S/C23H27N3O2S/c1-18(2)17-25-10-12-26(13-11-25)20-8-9-23-19(14-20)15-22(16-24-23)29(27,28)21-6-4-3-5-7-21/h3-9,14-16,18H,10-13,17H2,1-2H3. The third kappa shape index (κ3) is 4.28. The molecule has 0 radical (unpaired) electrons. The SMILES string of the molecule is CC(C)CN1CCN(c2ccc3ncc(S(=O)(=O)c4ccccc4)cc3c2)CC1. The second kappa shape index (κ2) is 8.13. The van der Waals surface area contributed by atoms with Gasteiger partial charge in [0.2, 0.25) is 9.84 Å². The van der Waals surface area contributed by atoms with Gasteiger partial charge in [0.05, 0.1) is 15.3 Å². The molecule has 0 amide bonds. The minimum atomic E-state index is -3.57. The summed E-state index contributed by atoms with van der Waals surface area (Å²) in [6.07, 6.45) is 1.45. The Hall–Kier alpha value is -2.44. The van der Waals surface area contributed by atoms with Crippen molar-refractivity contribution < 1.29 is 8.42 Å². The quantitative estimate of drug-likeness (QED) is 0.641. The number of hydrogen-bond acceptors (Lipinski definition) is 5. The lowest BCUT2D eigenvalue weighted by Gasteiger charge is -2.36. The third-order valence-corrected chi connectivity index (χ3v) is 7.10. The van der Waals surface area contributed by atoms with Crippen molar-refractivity contribution >= 4 is 26.4 Å². The van der Waals surface area contributed by atoms with Crippen LogP contribution in [0.1, 0.15) is 13.8 Å². The van der Waals surface area contributed by atoms with Crippen LogP contribution in [0.5, 0.6) is 0 Å². The van der Waals surface area contributed by atoms with Crippen molar-refractivity contribution in [2.45, 2.75) is 23.6 Å². The van der Waals surface area contributed by atoms with Crippen molar-refractivity contribution in [3.05, 3.63) is 60.8 Å². The molecule has 0 unspecified atom stereocenters. The maximum absolute atomic E-state index is 12.9. The molecule has 4 rings (SSSR count). The summed E-state index contributed by atoms with van der Waals surface area (Å²) in [5.74, 6) is 0.679. The summed E-state index contributed by atoms with van der Waals surface area (Å²) in [6, 6.07) is 16.4. The number of pyridine rings is 1. The maximum atomic E-state index is 12.9. The van der Waals surface area contributed by atoms with Crippen molar-refractivity contribution in [3.8, 4) is 0 Å². The van der Waals surface area contributed by atoms with Crippen LogP contribution in [0, 0.1) is 5.92 Å². The van der Waals surface area contributed by atoms with Crippen molar-refractivity contribution in [1.82, 2.24) is 9.88 Å². The number of anilines is 1. The summed E-state index contributed by atoms with van der Waals surface area (Å²) >= 11 is 0. The molecule has 6 heteroatoms. The lowest BCUT2D eigenvalue weighted by molar-refractivity contribution is 0.231. The first-order valence-electron chi connectivity index (χ1n) is 10.1. The molecule has 29 heavy (non-hydrogen) atoms. The lowest BCUT2D eigenvalue weighted by Crippen LogP contribution is -2.47. The fourth-order valence-corrected chi connectivity index (χ4v) is 5.14. The fraction of sp³-hybridized carbons (Fsp3) is 0.348. The highest BCUT2D eigenvalue weighted by Gasteiger charge is 2.20. The molecule has 0 aliphatic carbocycles. The predicted molar refractivity (Wildman–Crippen MR) is 117 cm³/mol. The van der Waals surface area contributed by atoms with Gasteiger partial charge in [0, 0.05) is 50.0 Å². The van der Waals surface area contributed by atoms with Gasteiger partial charge in [0.15, 0.2) is 0 Å². The molecule has 3 aromatic rings. The molecule has 5 nitrogen and oxygen atoms in total. The molecular weight excluding hydrogens is 382 g/mol. The molecule has 2 heterocycles. The van der Waals surface area contributed by atoms with E-state index in [2.05, 4.69) is 40.8 Å². The second-order valence-electron chi connectivity index (χ2n) is 8.05. The largest absolute Gasteiger partial charge is 0.369 e. The number of aromatic nitrogens is 1. The zero-order chi connectivity index (χ0) is 20.4. The van der Waals surface area contributed by atoms with Gasteiger partial charge in [-0.15, -0.1) is 0 Å². The van der Waals surface area contributed by atoms with Gasteiger partial charge in [-0.05, 0) is 42.3 Å². The fourth-order valence-electron chi connectivity index (χ4n) is 3.88. The van der Waals surface area contributed by atoms with Crippen LogP contribution in [0.2, 0.25) is 0 Å². The summed E-state index contributed by atoms with van der Waals surface area (Å²) in [4.78, 5) is 9.80. The number of fused-ring (bicyclic) bond motifs is 1. The van der Waals surface area contributed by atoms with E-state index in [-0.39, 0.29) is 4.90 Å². The van der Waals surface area contributed by atoms with Crippen LogP contribution in [0.25, 0.3) is 10.9 Å². The Balaban J connectivity index is 1.60. The Morgan fingerprint density at radius 1 is 0.931 bits per heavy atom. The second-order valence-corrected chi connectivity index (χ2v) is 10.00. The van der Waals surface area contributed by atoms with Crippen LogP contribution in [0.4, 0.5) is 5.69 Å². The van der Waals surface area contributed by atoms with Gasteiger partial charge in [0.25, 0.3) is 0 Å². The Morgan fingerprint density at radius 3 is 2.34 bits per heavy atom. The first-order valence-corrected chi connectivity index (χ1v) is 11.6. The van der Waals surface area contributed by atoms with E-state index in [9.17, 15) is 8.42 Å². The van der Waals surface area contributed by atoms with E-state index in [0.29, 0.717) is 10.8 Å². The summed E-state index contributed by atoms with van der Waals surface area (Å²) in [5.41, 5.74) is 1.93. The smallest absolute Gasteiger partial charge is 0.208 e. The van der Waals surface area contributed by atoms with E-state index in [1.807, 2.05) is 12.1 Å². The minimum absolute atomic E-state index is 0.232. The highest BCUT2D eigenvalue weighted by molar-refractivity contribution is 7.91. The zero-order valence-corrected chi connectivity index (χ0v) is 17.8.